The lowest BCUT2D eigenvalue weighted by atomic mass is 10.1. The average molecular weight is 290 g/mol. The number of hydrogen-bond donors (Lipinski definition) is 1. The molecule has 0 radical (unpaired) electrons. The zero-order valence-electron chi connectivity index (χ0n) is 12.6. The van der Waals surface area contributed by atoms with Gasteiger partial charge in [0.2, 0.25) is 0 Å². The molecule has 1 fully saturated rings. The van der Waals surface area contributed by atoms with Gasteiger partial charge in [0.25, 0.3) is 5.91 Å². The van der Waals surface area contributed by atoms with Crippen molar-refractivity contribution in [3.8, 4) is 11.5 Å². The zero-order valence-corrected chi connectivity index (χ0v) is 12.6. The molecule has 3 rings (SSSR count). The molecule has 1 heterocycles. The summed E-state index contributed by atoms with van der Waals surface area (Å²) in [5.74, 6) is 1.56. The fraction of sp³-hybridized carbons (Fsp3) is 0.562. The van der Waals surface area contributed by atoms with Crippen molar-refractivity contribution in [2.24, 2.45) is 0 Å². The molecule has 2 aliphatic rings. The Balaban J connectivity index is 1.58. The number of hydrogen-bond acceptors (Lipinski definition) is 4. The Hall–Kier alpha value is -1.75. The van der Waals surface area contributed by atoms with Gasteiger partial charge < -0.3 is 19.7 Å². The molecule has 0 bridgehead atoms. The van der Waals surface area contributed by atoms with Gasteiger partial charge in [0, 0.05) is 24.7 Å². The summed E-state index contributed by atoms with van der Waals surface area (Å²) in [6, 6.07) is 6.46. The number of nitrogens with one attached hydrogen (secondary N) is 1. The highest BCUT2D eigenvalue weighted by atomic mass is 16.5. The Bertz CT molecular complexity index is 528. The van der Waals surface area contributed by atoms with Crippen LogP contribution < -0.4 is 14.8 Å². The Morgan fingerprint density at radius 3 is 3.00 bits per heavy atom. The van der Waals surface area contributed by atoms with Crippen LogP contribution in [0, 0.1) is 0 Å². The van der Waals surface area contributed by atoms with E-state index in [4.69, 9.17) is 9.47 Å². The first-order valence-corrected chi connectivity index (χ1v) is 7.57. The van der Waals surface area contributed by atoms with Gasteiger partial charge in [0.1, 0.15) is 18.1 Å². The molecule has 1 aromatic carbocycles. The number of carbonyl (C=O) groups excluding carboxylic acids is 1. The van der Waals surface area contributed by atoms with Gasteiger partial charge in [-0.1, -0.05) is 6.92 Å². The van der Waals surface area contributed by atoms with Gasteiger partial charge in [-0.15, -0.1) is 0 Å². The van der Waals surface area contributed by atoms with Crippen molar-refractivity contribution in [3.05, 3.63) is 23.8 Å². The molecule has 1 aliphatic carbocycles. The predicted octanol–water partition coefficient (Wildman–Crippen LogP) is 1.73. The van der Waals surface area contributed by atoms with Gasteiger partial charge >= 0.3 is 0 Å². The fourth-order valence-corrected chi connectivity index (χ4v) is 2.61. The monoisotopic (exact) mass is 290 g/mol. The molecule has 1 atom stereocenters. The molecule has 1 N–H and O–H groups in total. The molecule has 5 heteroatoms. The quantitative estimate of drug-likeness (QED) is 0.867. The first kappa shape index (κ1) is 14.2. The Morgan fingerprint density at radius 2 is 2.29 bits per heavy atom. The Kier molecular flexibility index (Phi) is 4.01. The van der Waals surface area contributed by atoms with E-state index in [1.807, 2.05) is 25.2 Å². The summed E-state index contributed by atoms with van der Waals surface area (Å²) in [5.41, 5.74) is 1.16. The summed E-state index contributed by atoms with van der Waals surface area (Å²) in [6.07, 6.45) is 2.22. The van der Waals surface area contributed by atoms with E-state index in [2.05, 4.69) is 12.2 Å². The van der Waals surface area contributed by atoms with Crippen molar-refractivity contribution in [1.82, 2.24) is 10.2 Å². The third-order valence-corrected chi connectivity index (χ3v) is 4.07. The summed E-state index contributed by atoms with van der Waals surface area (Å²) < 4.78 is 11.3. The molecule has 21 heavy (non-hydrogen) atoms. The summed E-state index contributed by atoms with van der Waals surface area (Å²) in [5, 5.41) is 3.38. The van der Waals surface area contributed by atoms with E-state index in [9.17, 15) is 4.79 Å². The normalized spacial score (nSPS) is 19.8. The number of likely N-dealkylation sites (N-methyl/N-ethyl adjacent to an activating group) is 2. The van der Waals surface area contributed by atoms with Gasteiger partial charge in [-0.05, 0) is 31.5 Å². The molecule has 0 spiro atoms. The van der Waals surface area contributed by atoms with Crippen LogP contribution in [0.15, 0.2) is 18.2 Å². The van der Waals surface area contributed by atoms with E-state index >= 15 is 0 Å². The minimum atomic E-state index is 0.0319. The van der Waals surface area contributed by atoms with E-state index in [0.29, 0.717) is 18.4 Å². The van der Waals surface area contributed by atoms with Crippen LogP contribution in [0.4, 0.5) is 0 Å². The number of rotatable bonds is 6. The smallest absolute Gasteiger partial charge is 0.260 e. The third kappa shape index (κ3) is 3.13. The van der Waals surface area contributed by atoms with Gasteiger partial charge in [0.15, 0.2) is 6.61 Å². The van der Waals surface area contributed by atoms with Crippen LogP contribution in [0.25, 0.3) is 0 Å². The standard InChI is InChI=1S/C16H22N2O3/c1-3-17-14-9-21-15-8-12(6-7-13(14)15)20-10-16(19)18(2)11-4-5-11/h6-8,11,14,17H,3-5,9-10H2,1-2H3. The molecule has 1 unspecified atom stereocenters. The second-order valence-corrected chi connectivity index (χ2v) is 5.65. The summed E-state index contributed by atoms with van der Waals surface area (Å²) in [7, 11) is 1.84. The van der Waals surface area contributed by atoms with Crippen LogP contribution in [-0.2, 0) is 4.79 Å². The maximum Gasteiger partial charge on any atom is 0.260 e. The maximum atomic E-state index is 11.9. The summed E-state index contributed by atoms with van der Waals surface area (Å²) >= 11 is 0. The number of nitrogens with zero attached hydrogens (tertiary/aromatic N) is 1. The minimum Gasteiger partial charge on any atom is -0.491 e. The van der Waals surface area contributed by atoms with Gasteiger partial charge in [-0.3, -0.25) is 4.79 Å². The number of carbonyl (C=O) groups is 1. The summed E-state index contributed by atoms with van der Waals surface area (Å²) in [4.78, 5) is 13.7. The summed E-state index contributed by atoms with van der Waals surface area (Å²) in [6.45, 7) is 3.73. The first-order chi connectivity index (χ1) is 10.2. The lowest BCUT2D eigenvalue weighted by molar-refractivity contribution is -0.132. The lowest BCUT2D eigenvalue weighted by Gasteiger charge is -2.16. The van der Waals surface area contributed by atoms with Crippen LogP contribution in [-0.4, -0.2) is 43.7 Å². The number of benzene rings is 1. The van der Waals surface area contributed by atoms with Crippen LogP contribution >= 0.6 is 0 Å². The highest BCUT2D eigenvalue weighted by Crippen LogP contribution is 2.35. The molecular formula is C16H22N2O3. The van der Waals surface area contributed by atoms with Crippen molar-refractivity contribution in [1.29, 1.82) is 0 Å². The van der Waals surface area contributed by atoms with Crippen molar-refractivity contribution >= 4 is 5.91 Å². The molecule has 0 saturated heterocycles. The second kappa shape index (κ2) is 5.93. The molecule has 1 amide bonds. The van der Waals surface area contributed by atoms with Crippen molar-refractivity contribution in [2.75, 3.05) is 26.8 Å². The van der Waals surface area contributed by atoms with Gasteiger partial charge in [-0.25, -0.2) is 0 Å². The van der Waals surface area contributed by atoms with Crippen molar-refractivity contribution in [2.45, 2.75) is 31.8 Å². The van der Waals surface area contributed by atoms with Crippen LogP contribution in [0.3, 0.4) is 0 Å². The molecule has 5 nitrogen and oxygen atoms in total. The topological polar surface area (TPSA) is 50.8 Å². The predicted molar refractivity (Wildman–Crippen MR) is 79.6 cm³/mol. The first-order valence-electron chi connectivity index (χ1n) is 7.57. The van der Waals surface area contributed by atoms with Crippen LogP contribution in [0.2, 0.25) is 0 Å². The Labute approximate surface area is 125 Å². The molecule has 1 saturated carbocycles. The van der Waals surface area contributed by atoms with E-state index in [0.717, 1.165) is 30.7 Å². The molecule has 114 valence electrons. The number of amides is 1. The van der Waals surface area contributed by atoms with E-state index in [1.54, 1.807) is 4.90 Å². The minimum absolute atomic E-state index is 0.0319. The van der Waals surface area contributed by atoms with E-state index in [-0.39, 0.29) is 18.6 Å². The largest absolute Gasteiger partial charge is 0.491 e. The highest BCUT2D eigenvalue weighted by Gasteiger charge is 2.29. The van der Waals surface area contributed by atoms with Crippen LogP contribution in [0.1, 0.15) is 31.4 Å². The van der Waals surface area contributed by atoms with E-state index in [1.165, 1.54) is 0 Å². The Morgan fingerprint density at radius 1 is 1.48 bits per heavy atom. The van der Waals surface area contributed by atoms with Crippen LogP contribution in [0.5, 0.6) is 11.5 Å². The van der Waals surface area contributed by atoms with Gasteiger partial charge in [-0.2, -0.15) is 0 Å². The average Bonchev–Trinajstić information content (AvgIpc) is 3.27. The molecule has 0 aromatic heterocycles. The molecule has 1 aliphatic heterocycles. The van der Waals surface area contributed by atoms with Gasteiger partial charge in [0.05, 0.1) is 6.04 Å². The highest BCUT2D eigenvalue weighted by molar-refractivity contribution is 5.78. The number of ether oxygens (including phenoxy) is 2. The maximum absolute atomic E-state index is 11.9. The zero-order chi connectivity index (χ0) is 14.8. The lowest BCUT2D eigenvalue weighted by Crippen LogP contribution is -2.33. The van der Waals surface area contributed by atoms with Crippen molar-refractivity contribution < 1.29 is 14.3 Å². The van der Waals surface area contributed by atoms with E-state index < -0.39 is 0 Å². The molecule has 1 aromatic rings. The second-order valence-electron chi connectivity index (χ2n) is 5.65. The SMILES string of the molecule is CCNC1COc2cc(OCC(=O)N(C)C3CC3)ccc21. The third-order valence-electron chi connectivity index (χ3n) is 4.07. The van der Waals surface area contributed by atoms with Crippen molar-refractivity contribution in [3.63, 3.8) is 0 Å². The fourth-order valence-electron chi connectivity index (χ4n) is 2.61. The molecular weight excluding hydrogens is 268 g/mol. The number of fused-ring (bicyclic) bond motifs is 1.